The molecular weight excluding hydrogens is 614 g/mol. The number of piperazine rings is 1. The van der Waals surface area contributed by atoms with Crippen LogP contribution in [0, 0.1) is 6.92 Å². The molecule has 234 valence electrons. The number of hydrogen-bond acceptors (Lipinski definition) is 7. The Morgan fingerprint density at radius 1 is 0.844 bits per heavy atom. The van der Waals surface area contributed by atoms with Crippen LogP contribution in [0.5, 0.6) is 17.2 Å². The van der Waals surface area contributed by atoms with Crippen LogP contribution in [-0.2, 0) is 27.9 Å². The number of hydrogen-bond donors (Lipinski definition) is 0. The topological polar surface area (TPSA) is 88.6 Å². The number of aryl methyl sites for hydroxylation is 1. The van der Waals surface area contributed by atoms with Crippen LogP contribution in [0.4, 0.5) is 5.69 Å². The van der Waals surface area contributed by atoms with Gasteiger partial charge in [-0.15, -0.1) is 0 Å². The van der Waals surface area contributed by atoms with E-state index in [-0.39, 0.29) is 30.7 Å². The van der Waals surface area contributed by atoms with Gasteiger partial charge in [0, 0.05) is 37.7 Å². The van der Waals surface area contributed by atoms with Crippen LogP contribution in [0.2, 0.25) is 5.02 Å². The van der Waals surface area contributed by atoms with Gasteiger partial charge in [-0.1, -0.05) is 47.5 Å². The highest BCUT2D eigenvalue weighted by Crippen LogP contribution is 2.33. The van der Waals surface area contributed by atoms with E-state index in [0.717, 1.165) is 47.8 Å². The number of rotatable bonds is 10. The van der Waals surface area contributed by atoms with E-state index in [1.54, 1.807) is 72.8 Å². The summed E-state index contributed by atoms with van der Waals surface area (Å²) >= 11 is 6.05. The number of sulfonamides is 1. The molecule has 45 heavy (non-hydrogen) atoms. The van der Waals surface area contributed by atoms with Crippen molar-refractivity contribution in [1.82, 2.24) is 9.80 Å². The molecule has 4 aromatic carbocycles. The van der Waals surface area contributed by atoms with E-state index >= 15 is 0 Å². The minimum atomic E-state index is -3.88. The van der Waals surface area contributed by atoms with Gasteiger partial charge < -0.3 is 19.1 Å². The van der Waals surface area contributed by atoms with E-state index in [1.165, 1.54) is 4.31 Å². The number of ether oxygens (including phenoxy) is 3. The van der Waals surface area contributed by atoms with Crippen molar-refractivity contribution in [3.63, 3.8) is 0 Å². The fourth-order valence-electron chi connectivity index (χ4n) is 5.31. The summed E-state index contributed by atoms with van der Waals surface area (Å²) in [4.78, 5) is 17.3. The molecule has 0 saturated carbocycles. The standard InChI is InChI=1S/C34H34ClN3O6S/c1-25-2-13-31(14-3-25)45(40,41)38(22-26-4-7-28(35)8-5-26)29-9-11-30(12-10-29)42-23-34(39)37-18-16-36(17-19-37)21-27-6-15-32-33(20-27)44-24-43-32/h2-15,20H,16-19,21-24H2,1H3. The highest BCUT2D eigenvalue weighted by atomic mass is 35.5. The predicted molar refractivity (Wildman–Crippen MR) is 172 cm³/mol. The molecule has 9 nitrogen and oxygen atoms in total. The van der Waals surface area contributed by atoms with Crippen LogP contribution in [0.3, 0.4) is 0 Å². The Hall–Kier alpha value is -4.25. The maximum atomic E-state index is 13.8. The molecule has 2 heterocycles. The van der Waals surface area contributed by atoms with Gasteiger partial charge in [0.15, 0.2) is 18.1 Å². The van der Waals surface area contributed by atoms with E-state index < -0.39 is 10.0 Å². The van der Waals surface area contributed by atoms with Crippen LogP contribution < -0.4 is 18.5 Å². The number of nitrogens with zero attached hydrogens (tertiary/aromatic N) is 3. The van der Waals surface area contributed by atoms with Gasteiger partial charge in [-0.3, -0.25) is 14.0 Å². The van der Waals surface area contributed by atoms with Crippen molar-refractivity contribution in [2.24, 2.45) is 0 Å². The number of benzene rings is 4. The van der Waals surface area contributed by atoms with Crippen molar-refractivity contribution >= 4 is 33.2 Å². The molecule has 0 atom stereocenters. The molecule has 4 aromatic rings. The molecule has 6 rings (SSSR count). The maximum Gasteiger partial charge on any atom is 0.264 e. The summed E-state index contributed by atoms with van der Waals surface area (Å²) in [5, 5.41) is 0.575. The Kier molecular flexibility index (Phi) is 9.16. The Morgan fingerprint density at radius 2 is 1.51 bits per heavy atom. The molecule has 0 radical (unpaired) electrons. The predicted octanol–water partition coefficient (Wildman–Crippen LogP) is 5.50. The third-order valence-corrected chi connectivity index (χ3v) is 9.94. The first kappa shape index (κ1) is 30.8. The monoisotopic (exact) mass is 647 g/mol. The zero-order valence-corrected chi connectivity index (χ0v) is 26.5. The lowest BCUT2D eigenvalue weighted by Crippen LogP contribution is -2.49. The molecule has 0 aromatic heterocycles. The van der Waals surface area contributed by atoms with Gasteiger partial charge in [0.2, 0.25) is 6.79 Å². The lowest BCUT2D eigenvalue weighted by atomic mass is 10.1. The third-order valence-electron chi connectivity index (χ3n) is 7.90. The van der Waals surface area contributed by atoms with Gasteiger partial charge in [-0.25, -0.2) is 8.42 Å². The van der Waals surface area contributed by atoms with Crippen molar-refractivity contribution < 1.29 is 27.4 Å². The summed E-state index contributed by atoms with van der Waals surface area (Å²) < 4.78 is 45.6. The normalized spacial score (nSPS) is 14.8. The van der Waals surface area contributed by atoms with Crippen LogP contribution >= 0.6 is 11.6 Å². The lowest BCUT2D eigenvalue weighted by Gasteiger charge is -2.34. The number of halogens is 1. The smallest absolute Gasteiger partial charge is 0.264 e. The Morgan fingerprint density at radius 3 is 2.22 bits per heavy atom. The first-order valence-corrected chi connectivity index (χ1v) is 16.5. The van der Waals surface area contributed by atoms with Gasteiger partial charge in [0.1, 0.15) is 5.75 Å². The van der Waals surface area contributed by atoms with Gasteiger partial charge in [-0.05, 0) is 78.7 Å². The number of carbonyl (C=O) groups excluding carboxylic acids is 1. The molecule has 0 N–H and O–H groups in total. The van der Waals surface area contributed by atoms with Gasteiger partial charge in [0.05, 0.1) is 17.1 Å². The number of fused-ring (bicyclic) bond motifs is 1. The molecular formula is C34H34ClN3O6S. The molecule has 11 heteroatoms. The minimum Gasteiger partial charge on any atom is -0.484 e. The molecule has 1 amide bonds. The minimum absolute atomic E-state index is 0.0897. The molecule has 0 unspecified atom stereocenters. The summed E-state index contributed by atoms with van der Waals surface area (Å²) in [6.45, 7) is 5.70. The summed E-state index contributed by atoms with van der Waals surface area (Å²) in [6, 6.07) is 26.6. The number of anilines is 1. The van der Waals surface area contributed by atoms with E-state index in [2.05, 4.69) is 4.90 Å². The second kappa shape index (κ2) is 13.4. The SMILES string of the molecule is Cc1ccc(S(=O)(=O)N(Cc2ccc(Cl)cc2)c2ccc(OCC(=O)N3CCN(Cc4ccc5c(c4)OCO5)CC3)cc2)cc1. The van der Waals surface area contributed by atoms with Crippen molar-refractivity contribution in [1.29, 1.82) is 0 Å². The quantitative estimate of drug-likeness (QED) is 0.225. The van der Waals surface area contributed by atoms with Crippen LogP contribution in [0.25, 0.3) is 0 Å². The highest BCUT2D eigenvalue weighted by Gasteiger charge is 2.26. The summed E-state index contributed by atoms with van der Waals surface area (Å²) in [6.07, 6.45) is 0. The fraction of sp³-hybridized carbons (Fsp3) is 0.265. The average Bonchev–Trinajstić information content (AvgIpc) is 3.52. The zero-order valence-electron chi connectivity index (χ0n) is 24.9. The second-order valence-electron chi connectivity index (χ2n) is 11.1. The van der Waals surface area contributed by atoms with E-state index in [9.17, 15) is 13.2 Å². The molecule has 2 aliphatic rings. The van der Waals surface area contributed by atoms with E-state index in [1.807, 2.05) is 30.0 Å². The third kappa shape index (κ3) is 7.36. The first-order chi connectivity index (χ1) is 21.7. The van der Waals surface area contributed by atoms with Crippen molar-refractivity contribution in [2.75, 3.05) is 43.9 Å². The Balaban J connectivity index is 1.06. The van der Waals surface area contributed by atoms with E-state index in [4.69, 9.17) is 25.8 Å². The van der Waals surface area contributed by atoms with E-state index in [0.29, 0.717) is 29.5 Å². The van der Waals surface area contributed by atoms with Crippen LogP contribution in [0.15, 0.2) is 95.9 Å². The highest BCUT2D eigenvalue weighted by molar-refractivity contribution is 7.92. The number of carbonyl (C=O) groups is 1. The maximum absolute atomic E-state index is 13.8. The Bertz CT molecular complexity index is 1740. The Labute approximate surface area is 268 Å². The van der Waals surface area contributed by atoms with Crippen molar-refractivity contribution in [2.45, 2.75) is 24.9 Å². The molecule has 0 aliphatic carbocycles. The summed E-state index contributed by atoms with van der Waals surface area (Å²) in [5.74, 6) is 1.93. The second-order valence-corrected chi connectivity index (χ2v) is 13.4. The molecule has 2 aliphatic heterocycles. The zero-order chi connectivity index (χ0) is 31.4. The van der Waals surface area contributed by atoms with Crippen LogP contribution in [0.1, 0.15) is 16.7 Å². The van der Waals surface area contributed by atoms with Crippen molar-refractivity contribution in [3.05, 3.63) is 113 Å². The molecule has 0 spiro atoms. The summed E-state index contributed by atoms with van der Waals surface area (Å²) in [7, 11) is -3.88. The average molecular weight is 648 g/mol. The molecule has 0 bridgehead atoms. The van der Waals surface area contributed by atoms with Gasteiger partial charge in [0.25, 0.3) is 15.9 Å². The van der Waals surface area contributed by atoms with Gasteiger partial charge >= 0.3 is 0 Å². The first-order valence-electron chi connectivity index (χ1n) is 14.7. The molecule has 1 fully saturated rings. The lowest BCUT2D eigenvalue weighted by molar-refractivity contribution is -0.135. The van der Waals surface area contributed by atoms with Crippen molar-refractivity contribution in [3.8, 4) is 17.2 Å². The number of amides is 1. The van der Waals surface area contributed by atoms with Gasteiger partial charge in [-0.2, -0.15) is 0 Å². The summed E-state index contributed by atoms with van der Waals surface area (Å²) in [5.41, 5.74) is 3.38. The largest absolute Gasteiger partial charge is 0.484 e. The fourth-order valence-corrected chi connectivity index (χ4v) is 6.88. The van der Waals surface area contributed by atoms with Crippen LogP contribution in [-0.4, -0.2) is 63.7 Å². The molecule has 1 saturated heterocycles.